The first-order valence-corrected chi connectivity index (χ1v) is 8.15. The largest absolute Gasteiger partial charge is 0.368 e. The highest BCUT2D eigenvalue weighted by molar-refractivity contribution is 5.53. The number of piperazine rings is 1. The van der Waals surface area contributed by atoms with E-state index in [1.165, 1.54) is 25.7 Å². The molecule has 1 aromatic rings. The van der Waals surface area contributed by atoms with Crippen LogP contribution in [-0.4, -0.2) is 42.2 Å². The van der Waals surface area contributed by atoms with Gasteiger partial charge in [0.15, 0.2) is 0 Å². The van der Waals surface area contributed by atoms with E-state index >= 15 is 0 Å². The molecule has 2 heterocycles. The summed E-state index contributed by atoms with van der Waals surface area (Å²) >= 11 is 0. The van der Waals surface area contributed by atoms with Gasteiger partial charge in [-0.15, -0.1) is 0 Å². The topological polar surface area (TPSA) is 79.1 Å². The van der Waals surface area contributed by atoms with Gasteiger partial charge in [0.2, 0.25) is 5.95 Å². The van der Waals surface area contributed by atoms with E-state index in [1.807, 2.05) is 0 Å². The zero-order valence-corrected chi connectivity index (χ0v) is 12.4. The molecule has 3 atom stereocenters. The van der Waals surface area contributed by atoms with Crippen LogP contribution in [0.5, 0.6) is 0 Å². The molecule has 0 amide bonds. The minimum atomic E-state index is 0.372. The average Bonchev–Trinajstić information content (AvgIpc) is 3.10. The summed E-state index contributed by atoms with van der Waals surface area (Å²) in [5, 5.41) is 6.98. The number of fused-ring (bicyclic) bond motifs is 2. The first-order chi connectivity index (χ1) is 10.3. The summed E-state index contributed by atoms with van der Waals surface area (Å²) in [5.74, 6) is 3.98. The van der Waals surface area contributed by atoms with E-state index in [1.54, 1.807) is 0 Å². The van der Waals surface area contributed by atoms with E-state index in [2.05, 4.69) is 31.6 Å². The van der Waals surface area contributed by atoms with E-state index < -0.39 is 0 Å². The summed E-state index contributed by atoms with van der Waals surface area (Å²) in [4.78, 5) is 11.1. The van der Waals surface area contributed by atoms with Gasteiger partial charge in [-0.2, -0.15) is 9.97 Å². The second-order valence-electron chi connectivity index (χ2n) is 6.63. The zero-order chi connectivity index (χ0) is 14.2. The van der Waals surface area contributed by atoms with Crippen LogP contribution in [0.25, 0.3) is 0 Å². The van der Waals surface area contributed by atoms with Gasteiger partial charge in [-0.3, -0.25) is 0 Å². The lowest BCUT2D eigenvalue weighted by Gasteiger charge is -2.29. The highest BCUT2D eigenvalue weighted by Gasteiger charge is 2.39. The number of aromatic nitrogens is 2. The van der Waals surface area contributed by atoms with Gasteiger partial charge in [0.1, 0.15) is 11.6 Å². The van der Waals surface area contributed by atoms with Gasteiger partial charge < -0.3 is 21.3 Å². The number of nitrogens with one attached hydrogen (secondary N) is 2. The molecule has 3 fully saturated rings. The maximum atomic E-state index is 5.91. The molecule has 4 N–H and O–H groups in total. The van der Waals surface area contributed by atoms with Crippen molar-refractivity contribution in [3.8, 4) is 0 Å². The Hall–Kier alpha value is -1.56. The molecule has 0 spiro atoms. The number of anilines is 3. The molecular weight excluding hydrogens is 264 g/mol. The molecular formula is C15H24N6. The molecule has 1 saturated heterocycles. The van der Waals surface area contributed by atoms with E-state index in [0.717, 1.165) is 49.7 Å². The molecule has 6 heteroatoms. The second kappa shape index (κ2) is 5.33. The summed E-state index contributed by atoms with van der Waals surface area (Å²) in [6.45, 7) is 3.95. The predicted octanol–water partition coefficient (Wildman–Crippen LogP) is 1.07. The molecule has 2 aliphatic carbocycles. The maximum Gasteiger partial charge on any atom is 0.223 e. The third-order valence-electron chi connectivity index (χ3n) is 5.24. The number of nitrogens with zero attached hydrogens (tertiary/aromatic N) is 3. The lowest BCUT2D eigenvalue weighted by Crippen LogP contribution is -2.44. The Balaban J connectivity index is 1.50. The van der Waals surface area contributed by atoms with Crippen molar-refractivity contribution >= 4 is 17.6 Å². The van der Waals surface area contributed by atoms with Crippen LogP contribution in [0, 0.1) is 11.8 Å². The van der Waals surface area contributed by atoms with E-state index in [-0.39, 0.29) is 0 Å². The summed E-state index contributed by atoms with van der Waals surface area (Å²) in [5.41, 5.74) is 5.91. The molecule has 2 saturated carbocycles. The van der Waals surface area contributed by atoms with Gasteiger partial charge in [0.05, 0.1) is 0 Å². The number of nitrogen functional groups attached to an aromatic ring is 1. The zero-order valence-electron chi connectivity index (χ0n) is 12.4. The molecule has 1 aliphatic heterocycles. The highest BCUT2D eigenvalue weighted by atomic mass is 15.3. The summed E-state index contributed by atoms with van der Waals surface area (Å²) < 4.78 is 0. The molecule has 0 unspecified atom stereocenters. The van der Waals surface area contributed by atoms with Crippen LogP contribution < -0.4 is 21.3 Å². The van der Waals surface area contributed by atoms with Gasteiger partial charge in [-0.05, 0) is 31.1 Å². The van der Waals surface area contributed by atoms with Gasteiger partial charge in [0, 0.05) is 38.3 Å². The molecule has 114 valence electrons. The van der Waals surface area contributed by atoms with Crippen molar-refractivity contribution in [1.29, 1.82) is 0 Å². The van der Waals surface area contributed by atoms with E-state index in [4.69, 9.17) is 5.73 Å². The van der Waals surface area contributed by atoms with Gasteiger partial charge in [-0.25, -0.2) is 0 Å². The molecule has 21 heavy (non-hydrogen) atoms. The Morgan fingerprint density at radius 3 is 2.76 bits per heavy atom. The fourth-order valence-electron chi connectivity index (χ4n) is 4.19. The summed E-state index contributed by atoms with van der Waals surface area (Å²) in [6.07, 6.45) is 5.47. The Morgan fingerprint density at radius 2 is 2.05 bits per heavy atom. The number of hydrogen-bond donors (Lipinski definition) is 3. The number of nitrogens with two attached hydrogens (primary N) is 1. The minimum absolute atomic E-state index is 0.372. The van der Waals surface area contributed by atoms with Crippen molar-refractivity contribution in [2.24, 2.45) is 11.8 Å². The molecule has 0 radical (unpaired) electrons. The predicted molar refractivity (Wildman–Crippen MR) is 84.4 cm³/mol. The lowest BCUT2D eigenvalue weighted by molar-refractivity contribution is 0.439. The van der Waals surface area contributed by atoms with Crippen LogP contribution >= 0.6 is 0 Å². The second-order valence-corrected chi connectivity index (χ2v) is 6.63. The van der Waals surface area contributed by atoms with Crippen molar-refractivity contribution in [3.63, 3.8) is 0 Å². The third kappa shape index (κ3) is 2.64. The highest BCUT2D eigenvalue weighted by Crippen LogP contribution is 2.45. The van der Waals surface area contributed by atoms with Crippen molar-refractivity contribution in [1.82, 2.24) is 15.3 Å². The first kappa shape index (κ1) is 13.1. The minimum Gasteiger partial charge on any atom is -0.368 e. The SMILES string of the molecule is Nc1nc(N[C@@H]2C[C@H]3CC[C@@H]2C3)cc(N2CCNCC2)n1. The maximum absolute atomic E-state index is 5.91. The summed E-state index contributed by atoms with van der Waals surface area (Å²) in [7, 11) is 0. The van der Waals surface area contributed by atoms with Crippen LogP contribution in [0.15, 0.2) is 6.07 Å². The Bertz CT molecular complexity index is 513. The first-order valence-electron chi connectivity index (χ1n) is 8.15. The van der Waals surface area contributed by atoms with Crippen molar-refractivity contribution in [3.05, 3.63) is 6.07 Å². The molecule has 3 aliphatic rings. The fraction of sp³-hybridized carbons (Fsp3) is 0.733. The Labute approximate surface area is 125 Å². The van der Waals surface area contributed by atoms with Crippen LogP contribution in [-0.2, 0) is 0 Å². The van der Waals surface area contributed by atoms with Crippen molar-refractivity contribution in [2.45, 2.75) is 31.7 Å². The van der Waals surface area contributed by atoms with Crippen LogP contribution in [0.3, 0.4) is 0 Å². The Kier molecular flexibility index (Phi) is 3.33. The smallest absolute Gasteiger partial charge is 0.223 e. The monoisotopic (exact) mass is 288 g/mol. The number of hydrogen-bond acceptors (Lipinski definition) is 6. The summed E-state index contributed by atoms with van der Waals surface area (Å²) in [6, 6.07) is 2.64. The molecule has 0 aromatic carbocycles. The lowest BCUT2D eigenvalue weighted by atomic mass is 9.95. The van der Waals surface area contributed by atoms with Crippen LogP contribution in [0.2, 0.25) is 0 Å². The number of rotatable bonds is 3. The van der Waals surface area contributed by atoms with Crippen LogP contribution in [0.1, 0.15) is 25.7 Å². The Morgan fingerprint density at radius 1 is 1.19 bits per heavy atom. The van der Waals surface area contributed by atoms with Gasteiger partial charge in [-0.1, -0.05) is 6.42 Å². The van der Waals surface area contributed by atoms with Gasteiger partial charge in [0.25, 0.3) is 0 Å². The molecule has 6 nitrogen and oxygen atoms in total. The van der Waals surface area contributed by atoms with Gasteiger partial charge >= 0.3 is 0 Å². The van der Waals surface area contributed by atoms with Crippen molar-refractivity contribution in [2.75, 3.05) is 42.1 Å². The van der Waals surface area contributed by atoms with Crippen molar-refractivity contribution < 1.29 is 0 Å². The standard InChI is InChI=1S/C15H24N6/c16-15-19-13(18-12-8-10-1-2-11(12)7-10)9-14(20-15)21-5-3-17-4-6-21/h9-12,17H,1-8H2,(H3,16,18,19,20)/t10-,11+,12+/m0/s1. The van der Waals surface area contributed by atoms with E-state index in [0.29, 0.717) is 12.0 Å². The molecule has 1 aromatic heterocycles. The fourth-order valence-corrected chi connectivity index (χ4v) is 4.19. The molecule has 2 bridgehead atoms. The third-order valence-corrected chi connectivity index (χ3v) is 5.24. The van der Waals surface area contributed by atoms with Crippen LogP contribution in [0.4, 0.5) is 17.6 Å². The quantitative estimate of drug-likeness (QED) is 0.772. The molecule has 4 rings (SSSR count). The average molecular weight is 288 g/mol. The normalized spacial score (nSPS) is 31.6. The van der Waals surface area contributed by atoms with E-state index in [9.17, 15) is 0 Å².